The average molecular weight is 457 g/mol. The van der Waals surface area contributed by atoms with Gasteiger partial charge in [0, 0.05) is 15.5 Å². The molecular formula is C23H24N2O4S2. The Hall–Kier alpha value is -2.81. The van der Waals surface area contributed by atoms with Gasteiger partial charge in [-0.25, -0.2) is 4.79 Å². The largest absolute Gasteiger partial charge is 0.444 e. The predicted octanol–water partition coefficient (Wildman–Crippen LogP) is 4.68. The molecule has 0 saturated heterocycles. The van der Waals surface area contributed by atoms with Crippen molar-refractivity contribution >= 4 is 40.8 Å². The van der Waals surface area contributed by atoms with Gasteiger partial charge in [0.25, 0.3) is 5.91 Å². The minimum Gasteiger partial charge on any atom is -0.444 e. The van der Waals surface area contributed by atoms with Crippen LogP contribution in [0.1, 0.15) is 28.2 Å². The molecule has 0 aliphatic rings. The van der Waals surface area contributed by atoms with Crippen molar-refractivity contribution in [3.05, 3.63) is 82.0 Å². The van der Waals surface area contributed by atoms with E-state index >= 15 is 0 Å². The van der Waals surface area contributed by atoms with Crippen LogP contribution in [0.3, 0.4) is 0 Å². The van der Waals surface area contributed by atoms with E-state index < -0.39 is 22.9 Å². The molecule has 0 aliphatic heterocycles. The van der Waals surface area contributed by atoms with Gasteiger partial charge in [0.2, 0.25) is 0 Å². The molecule has 1 heterocycles. The van der Waals surface area contributed by atoms with Crippen molar-refractivity contribution < 1.29 is 19.4 Å². The number of alkyl carbamates (subject to hydrolysis) is 1. The Morgan fingerprint density at radius 2 is 1.84 bits per heavy atom. The molecule has 162 valence electrons. The first kappa shape index (κ1) is 22.9. The fourth-order valence-electron chi connectivity index (χ4n) is 2.89. The molecule has 0 radical (unpaired) electrons. The molecule has 6 nitrogen and oxygen atoms in total. The van der Waals surface area contributed by atoms with Crippen molar-refractivity contribution in [3.63, 3.8) is 0 Å². The Labute approximate surface area is 189 Å². The zero-order chi connectivity index (χ0) is 22.4. The van der Waals surface area contributed by atoms with E-state index in [-0.39, 0.29) is 6.61 Å². The lowest BCUT2D eigenvalue weighted by Gasteiger charge is -2.31. The maximum absolute atomic E-state index is 12.9. The molecule has 0 bridgehead atoms. The normalized spacial score (nSPS) is 13.8. The quantitative estimate of drug-likeness (QED) is 0.353. The Bertz CT molecular complexity index is 1050. The first-order valence-electron chi connectivity index (χ1n) is 9.58. The number of amides is 2. The highest BCUT2D eigenvalue weighted by atomic mass is 32.2. The molecule has 4 N–H and O–H groups in total. The molecule has 31 heavy (non-hydrogen) atoms. The number of nitrogen functional groups attached to an aromatic ring is 1. The summed E-state index contributed by atoms with van der Waals surface area (Å²) in [6.07, 6.45) is -0.917. The number of ether oxygens (including phenoxy) is 1. The van der Waals surface area contributed by atoms with Gasteiger partial charge in [-0.2, -0.15) is 0 Å². The van der Waals surface area contributed by atoms with Crippen LogP contribution in [-0.4, -0.2) is 22.7 Å². The third-order valence-electron chi connectivity index (χ3n) is 4.70. The number of para-hydroxylation sites is 1. The minimum atomic E-state index is -1.91. The van der Waals surface area contributed by atoms with Gasteiger partial charge in [-0.05, 0) is 48.6 Å². The van der Waals surface area contributed by atoms with Gasteiger partial charge < -0.3 is 15.6 Å². The second-order valence-electron chi connectivity index (χ2n) is 7.17. The number of thiophene rings is 1. The summed E-state index contributed by atoms with van der Waals surface area (Å²) in [5, 5.41) is 14.6. The van der Waals surface area contributed by atoms with Gasteiger partial charge in [-0.15, -0.1) is 23.1 Å². The van der Waals surface area contributed by atoms with Crippen molar-refractivity contribution in [1.82, 2.24) is 5.32 Å². The van der Waals surface area contributed by atoms with Crippen LogP contribution in [0.15, 0.2) is 70.9 Å². The van der Waals surface area contributed by atoms with Crippen LogP contribution >= 0.6 is 23.1 Å². The van der Waals surface area contributed by atoms with Gasteiger partial charge in [-0.1, -0.05) is 42.5 Å². The van der Waals surface area contributed by atoms with Crippen LogP contribution in [0.4, 0.5) is 10.5 Å². The maximum atomic E-state index is 12.9. The van der Waals surface area contributed by atoms with Gasteiger partial charge in [0.1, 0.15) is 6.61 Å². The number of hydrogen-bond donors (Lipinski definition) is 3. The highest BCUT2D eigenvalue weighted by Crippen LogP contribution is 2.47. The van der Waals surface area contributed by atoms with Crippen LogP contribution in [0.5, 0.6) is 0 Å². The zero-order valence-electron chi connectivity index (χ0n) is 17.2. The molecule has 1 aromatic heterocycles. The van der Waals surface area contributed by atoms with E-state index in [4.69, 9.17) is 10.5 Å². The van der Waals surface area contributed by atoms with E-state index in [1.165, 1.54) is 30.0 Å². The second-order valence-corrected chi connectivity index (χ2v) is 9.26. The number of imide groups is 1. The number of nitrogens with two attached hydrogens (primary N) is 1. The number of hydrogen-bond acceptors (Lipinski definition) is 7. The number of aliphatic hydroxyl groups is 1. The first-order chi connectivity index (χ1) is 14.8. The summed E-state index contributed by atoms with van der Waals surface area (Å²) < 4.78 is 5.12. The molecule has 0 spiro atoms. The number of anilines is 1. The molecule has 8 heteroatoms. The summed E-state index contributed by atoms with van der Waals surface area (Å²) in [5.74, 6) is -0.842. The van der Waals surface area contributed by atoms with Crippen LogP contribution in [0, 0.1) is 6.92 Å². The smallest absolute Gasteiger partial charge is 0.414 e. The number of carbonyl (C=O) groups is 2. The highest BCUT2D eigenvalue weighted by molar-refractivity contribution is 8.00. The fraction of sp³-hybridized carbons (Fsp3) is 0.217. The Morgan fingerprint density at radius 3 is 2.48 bits per heavy atom. The Morgan fingerprint density at radius 1 is 1.16 bits per heavy atom. The summed E-state index contributed by atoms with van der Waals surface area (Å²) in [7, 11) is 0. The van der Waals surface area contributed by atoms with Crippen LogP contribution in [-0.2, 0) is 16.1 Å². The number of thioether (sulfide) groups is 1. The van der Waals surface area contributed by atoms with Crippen molar-refractivity contribution in [1.29, 1.82) is 0 Å². The predicted molar refractivity (Wildman–Crippen MR) is 124 cm³/mol. The monoisotopic (exact) mass is 456 g/mol. The van der Waals surface area contributed by atoms with E-state index in [2.05, 4.69) is 5.32 Å². The summed E-state index contributed by atoms with van der Waals surface area (Å²) in [4.78, 5) is 26.6. The molecule has 0 aliphatic carbocycles. The van der Waals surface area contributed by atoms with Gasteiger partial charge >= 0.3 is 6.09 Å². The lowest BCUT2D eigenvalue weighted by molar-refractivity contribution is -0.137. The van der Waals surface area contributed by atoms with Gasteiger partial charge in [0.05, 0.1) is 5.25 Å². The molecular weight excluding hydrogens is 432 g/mol. The average Bonchev–Trinajstić information content (AvgIpc) is 3.17. The molecule has 0 fully saturated rings. The van der Waals surface area contributed by atoms with Crippen molar-refractivity contribution in [2.75, 3.05) is 5.73 Å². The molecule has 3 rings (SSSR count). The van der Waals surface area contributed by atoms with Crippen molar-refractivity contribution in [3.8, 4) is 0 Å². The Kier molecular flexibility index (Phi) is 7.37. The van der Waals surface area contributed by atoms with Crippen molar-refractivity contribution in [2.45, 2.75) is 36.2 Å². The molecule has 3 aromatic rings. The van der Waals surface area contributed by atoms with E-state index in [9.17, 15) is 14.7 Å². The third kappa shape index (κ3) is 5.66. The second kappa shape index (κ2) is 10.00. The number of nitrogens with one attached hydrogen (secondary N) is 1. The SMILES string of the molecule is Cc1ccsc1C(Sc1ccccc1N)C(C)(O)C(=O)NC(=O)OCc1ccccc1. The fourth-order valence-corrected chi connectivity index (χ4v) is 5.47. The topological polar surface area (TPSA) is 102 Å². The first-order valence-corrected chi connectivity index (χ1v) is 11.3. The zero-order valence-corrected chi connectivity index (χ0v) is 18.8. The van der Waals surface area contributed by atoms with Crippen LogP contribution < -0.4 is 11.1 Å². The number of aryl methyl sites for hydroxylation is 1. The van der Waals surface area contributed by atoms with E-state index in [1.54, 1.807) is 6.07 Å². The van der Waals surface area contributed by atoms with Gasteiger partial charge in [0.15, 0.2) is 5.60 Å². The third-order valence-corrected chi connectivity index (χ3v) is 7.49. The lowest BCUT2D eigenvalue weighted by Crippen LogP contribution is -2.50. The molecule has 2 amide bonds. The standard InChI is InChI=1S/C23H24N2O4S2/c1-15-12-13-30-19(15)20(31-18-11-7-6-10-17(18)24)23(2,28)21(26)25-22(27)29-14-16-8-4-3-5-9-16/h3-13,20,28H,14,24H2,1-2H3,(H,25,26,27). The Balaban J connectivity index is 1.77. The van der Waals surface area contributed by atoms with E-state index in [1.807, 2.05) is 66.9 Å². The summed E-state index contributed by atoms with van der Waals surface area (Å²) in [5.41, 5.74) is 6.45. The summed E-state index contributed by atoms with van der Waals surface area (Å²) in [6, 6.07) is 18.3. The molecule has 2 atom stereocenters. The molecule has 0 saturated carbocycles. The number of benzene rings is 2. The summed E-state index contributed by atoms with van der Waals surface area (Å²) in [6.45, 7) is 3.32. The minimum absolute atomic E-state index is 0.0187. The van der Waals surface area contributed by atoms with Crippen molar-refractivity contribution in [2.24, 2.45) is 0 Å². The highest BCUT2D eigenvalue weighted by Gasteiger charge is 2.43. The van der Waals surface area contributed by atoms with E-state index in [0.717, 1.165) is 20.9 Å². The van der Waals surface area contributed by atoms with Crippen LogP contribution in [0.2, 0.25) is 0 Å². The molecule has 2 unspecified atom stereocenters. The molecule has 2 aromatic carbocycles. The number of rotatable bonds is 7. The summed E-state index contributed by atoms with van der Waals surface area (Å²) >= 11 is 2.72. The van der Waals surface area contributed by atoms with Gasteiger partial charge in [-0.3, -0.25) is 10.1 Å². The van der Waals surface area contributed by atoms with E-state index in [0.29, 0.717) is 5.69 Å². The lowest BCUT2D eigenvalue weighted by atomic mass is 9.98. The number of carbonyl (C=O) groups excluding carboxylic acids is 2. The van der Waals surface area contributed by atoms with Crippen LogP contribution in [0.25, 0.3) is 0 Å². The maximum Gasteiger partial charge on any atom is 0.414 e.